The quantitative estimate of drug-likeness (QED) is 0.625. The molecule has 0 amide bonds. The minimum absolute atomic E-state index is 0.0423. The van der Waals surface area contributed by atoms with Crippen LogP contribution in [0.15, 0.2) is 32.5 Å². The van der Waals surface area contributed by atoms with E-state index in [9.17, 15) is 9.90 Å². The van der Waals surface area contributed by atoms with Gasteiger partial charge in [0.1, 0.15) is 17.1 Å². The van der Waals surface area contributed by atoms with E-state index in [4.69, 9.17) is 39.2 Å². The molecule has 0 fully saturated rings. The normalized spacial score (nSPS) is 11.6. The van der Waals surface area contributed by atoms with Crippen LogP contribution in [-0.2, 0) is 0 Å². The average molecular weight is 362 g/mol. The highest BCUT2D eigenvalue weighted by atomic mass is 35.5. The van der Waals surface area contributed by atoms with E-state index in [0.29, 0.717) is 16.5 Å². The molecule has 0 saturated carbocycles. The topological polar surface area (TPSA) is 74.8 Å². The van der Waals surface area contributed by atoms with Gasteiger partial charge in [0.15, 0.2) is 0 Å². The summed E-state index contributed by atoms with van der Waals surface area (Å²) in [4.78, 5) is 11.8. The SMILES string of the molecule is C/C(=N\Nc1c(Cl)cc(Cl)cc1Cl)c1c(O)cc(C)oc1=O. The average Bonchev–Trinajstić information content (AvgIpc) is 2.35. The summed E-state index contributed by atoms with van der Waals surface area (Å²) in [5.41, 5.74) is 2.47. The van der Waals surface area contributed by atoms with Gasteiger partial charge < -0.3 is 9.52 Å². The van der Waals surface area contributed by atoms with E-state index in [0.717, 1.165) is 0 Å². The Bertz CT molecular complexity index is 792. The Morgan fingerprint density at radius 1 is 1.23 bits per heavy atom. The molecule has 22 heavy (non-hydrogen) atoms. The van der Waals surface area contributed by atoms with Crippen molar-refractivity contribution in [1.29, 1.82) is 0 Å². The van der Waals surface area contributed by atoms with Crippen LogP contribution in [0.5, 0.6) is 5.75 Å². The van der Waals surface area contributed by atoms with Gasteiger partial charge in [-0.15, -0.1) is 0 Å². The second-order valence-electron chi connectivity index (χ2n) is 4.46. The zero-order valence-electron chi connectivity index (χ0n) is 11.6. The Morgan fingerprint density at radius 3 is 2.36 bits per heavy atom. The molecule has 116 valence electrons. The van der Waals surface area contributed by atoms with Crippen molar-refractivity contribution in [3.63, 3.8) is 0 Å². The maximum atomic E-state index is 11.8. The smallest absolute Gasteiger partial charge is 0.348 e. The van der Waals surface area contributed by atoms with E-state index in [-0.39, 0.29) is 27.1 Å². The summed E-state index contributed by atoms with van der Waals surface area (Å²) >= 11 is 17.9. The third-order valence-corrected chi connectivity index (χ3v) is 3.57. The van der Waals surface area contributed by atoms with Gasteiger partial charge in [-0.25, -0.2) is 4.79 Å². The molecule has 1 aromatic heterocycles. The van der Waals surface area contributed by atoms with Crippen molar-refractivity contribution in [2.24, 2.45) is 5.10 Å². The van der Waals surface area contributed by atoms with Gasteiger partial charge in [0.2, 0.25) is 0 Å². The van der Waals surface area contributed by atoms with Crippen molar-refractivity contribution in [3.8, 4) is 5.75 Å². The first kappa shape index (κ1) is 16.7. The highest BCUT2D eigenvalue weighted by molar-refractivity contribution is 6.41. The molecule has 0 aliphatic rings. The lowest BCUT2D eigenvalue weighted by atomic mass is 10.2. The molecule has 0 radical (unpaired) electrons. The van der Waals surface area contributed by atoms with Crippen molar-refractivity contribution < 1.29 is 9.52 Å². The van der Waals surface area contributed by atoms with Crippen molar-refractivity contribution in [3.05, 3.63) is 55.0 Å². The van der Waals surface area contributed by atoms with Crippen LogP contribution < -0.4 is 11.1 Å². The number of aromatic hydroxyl groups is 1. The third kappa shape index (κ3) is 3.55. The van der Waals surface area contributed by atoms with E-state index < -0.39 is 5.63 Å². The Kier molecular flexibility index (Phi) is 5.01. The van der Waals surface area contributed by atoms with Gasteiger partial charge in [0.05, 0.1) is 21.4 Å². The number of hydrazone groups is 1. The highest BCUT2D eigenvalue weighted by Gasteiger charge is 2.14. The first-order valence-electron chi connectivity index (χ1n) is 6.08. The maximum Gasteiger partial charge on any atom is 0.348 e. The Morgan fingerprint density at radius 2 is 1.82 bits per heavy atom. The molecular weight excluding hydrogens is 351 g/mol. The summed E-state index contributed by atoms with van der Waals surface area (Å²) in [6.45, 7) is 3.09. The number of rotatable bonds is 3. The van der Waals surface area contributed by atoms with Crippen molar-refractivity contribution in [1.82, 2.24) is 0 Å². The first-order valence-corrected chi connectivity index (χ1v) is 7.22. The van der Waals surface area contributed by atoms with Gasteiger partial charge in [-0.05, 0) is 26.0 Å². The molecule has 1 heterocycles. The molecule has 2 aromatic rings. The van der Waals surface area contributed by atoms with Crippen LogP contribution in [-0.4, -0.2) is 10.8 Å². The number of benzene rings is 1. The van der Waals surface area contributed by atoms with Crippen molar-refractivity contribution >= 4 is 46.2 Å². The molecule has 0 atom stereocenters. The van der Waals surface area contributed by atoms with E-state index >= 15 is 0 Å². The molecular formula is C14H11Cl3N2O3. The lowest BCUT2D eigenvalue weighted by Gasteiger charge is -2.08. The standard InChI is InChI=1S/C14H11Cl3N2O3/c1-6-3-11(20)12(14(21)22-6)7(2)18-19-13-9(16)4-8(15)5-10(13)17/h3-5,19-20H,1-2H3/b18-7+. The number of hydrogen-bond acceptors (Lipinski definition) is 5. The Balaban J connectivity index is 2.38. The molecule has 8 heteroatoms. The van der Waals surface area contributed by atoms with E-state index in [1.165, 1.54) is 25.1 Å². The lowest BCUT2D eigenvalue weighted by molar-refractivity contribution is 0.432. The zero-order chi connectivity index (χ0) is 16.4. The molecule has 1 aromatic carbocycles. The van der Waals surface area contributed by atoms with Crippen LogP contribution in [0, 0.1) is 6.92 Å². The molecule has 2 N–H and O–H groups in total. The molecule has 0 bridgehead atoms. The van der Waals surface area contributed by atoms with Crippen LogP contribution in [0.2, 0.25) is 15.1 Å². The first-order chi connectivity index (χ1) is 10.3. The molecule has 0 spiro atoms. The van der Waals surface area contributed by atoms with E-state index in [2.05, 4.69) is 10.5 Å². The number of nitrogens with one attached hydrogen (secondary N) is 1. The molecule has 2 rings (SSSR count). The zero-order valence-corrected chi connectivity index (χ0v) is 13.8. The van der Waals surface area contributed by atoms with E-state index in [1.54, 1.807) is 6.92 Å². The minimum atomic E-state index is -0.686. The fourth-order valence-corrected chi connectivity index (χ4v) is 2.68. The fourth-order valence-electron chi connectivity index (χ4n) is 1.77. The van der Waals surface area contributed by atoms with Crippen molar-refractivity contribution in [2.45, 2.75) is 13.8 Å². The van der Waals surface area contributed by atoms with Crippen LogP contribution >= 0.6 is 34.8 Å². The highest BCUT2D eigenvalue weighted by Crippen LogP contribution is 2.33. The Labute approximate surface area is 141 Å². The molecule has 5 nitrogen and oxygen atoms in total. The second-order valence-corrected chi connectivity index (χ2v) is 5.71. The molecule has 0 aliphatic heterocycles. The molecule has 0 saturated heterocycles. The third-order valence-electron chi connectivity index (χ3n) is 2.76. The number of aryl methyl sites for hydroxylation is 1. The number of nitrogens with zero attached hydrogens (tertiary/aromatic N) is 1. The summed E-state index contributed by atoms with van der Waals surface area (Å²) in [6.07, 6.45) is 0. The number of halogens is 3. The van der Waals surface area contributed by atoms with Gasteiger partial charge in [-0.3, -0.25) is 5.43 Å². The summed E-state index contributed by atoms with van der Waals surface area (Å²) in [5, 5.41) is 14.8. The predicted molar refractivity (Wildman–Crippen MR) is 88.7 cm³/mol. The second kappa shape index (κ2) is 6.60. The molecule has 0 aliphatic carbocycles. The summed E-state index contributed by atoms with van der Waals surface area (Å²) < 4.78 is 4.93. The predicted octanol–water partition coefficient (Wildman–Crippen LogP) is 4.45. The lowest BCUT2D eigenvalue weighted by Crippen LogP contribution is -2.14. The summed E-state index contributed by atoms with van der Waals surface area (Å²) in [5.74, 6) is 0.0842. The minimum Gasteiger partial charge on any atom is -0.507 e. The van der Waals surface area contributed by atoms with Gasteiger partial charge in [0.25, 0.3) is 0 Å². The van der Waals surface area contributed by atoms with Gasteiger partial charge in [-0.1, -0.05) is 34.8 Å². The van der Waals surface area contributed by atoms with Gasteiger partial charge in [0, 0.05) is 11.1 Å². The number of hydrogen-bond donors (Lipinski definition) is 2. The fraction of sp³-hybridized carbons (Fsp3) is 0.143. The number of anilines is 1. The van der Waals surface area contributed by atoms with Gasteiger partial charge >= 0.3 is 5.63 Å². The maximum absolute atomic E-state index is 11.8. The summed E-state index contributed by atoms with van der Waals surface area (Å²) in [6, 6.07) is 4.33. The van der Waals surface area contributed by atoms with Crippen LogP contribution in [0.3, 0.4) is 0 Å². The van der Waals surface area contributed by atoms with Crippen molar-refractivity contribution in [2.75, 3.05) is 5.43 Å². The largest absolute Gasteiger partial charge is 0.507 e. The van der Waals surface area contributed by atoms with Crippen LogP contribution in [0.25, 0.3) is 0 Å². The van der Waals surface area contributed by atoms with Crippen LogP contribution in [0.1, 0.15) is 18.2 Å². The summed E-state index contributed by atoms with van der Waals surface area (Å²) in [7, 11) is 0. The monoisotopic (exact) mass is 360 g/mol. The van der Waals surface area contributed by atoms with E-state index in [1.807, 2.05) is 0 Å². The molecule has 0 unspecified atom stereocenters. The van der Waals surface area contributed by atoms with Gasteiger partial charge in [-0.2, -0.15) is 5.10 Å². The Hall–Kier alpha value is -1.69. The van der Waals surface area contributed by atoms with Crippen LogP contribution in [0.4, 0.5) is 5.69 Å².